The maximum Gasteiger partial charge on any atom is 0.0580 e. The fourth-order valence-electron chi connectivity index (χ4n) is 2.58. The molecule has 17 heavy (non-hydrogen) atoms. The van der Waals surface area contributed by atoms with E-state index in [4.69, 9.17) is 0 Å². The summed E-state index contributed by atoms with van der Waals surface area (Å²) in [5.41, 5.74) is 1.25. The lowest BCUT2D eigenvalue weighted by molar-refractivity contribution is 0.0698. The maximum atomic E-state index is 9.84. The van der Waals surface area contributed by atoms with Gasteiger partial charge in [-0.2, -0.15) is 5.10 Å². The molecule has 1 aromatic rings. The number of aryl methyl sites for hydroxylation is 1. The van der Waals surface area contributed by atoms with Crippen LogP contribution in [0.25, 0.3) is 0 Å². The van der Waals surface area contributed by atoms with Crippen molar-refractivity contribution in [1.82, 2.24) is 15.1 Å². The molecule has 2 rings (SSSR count). The average molecular weight is 237 g/mol. The van der Waals surface area contributed by atoms with Crippen LogP contribution >= 0.6 is 0 Å². The molecule has 2 unspecified atom stereocenters. The molecule has 0 bridgehead atoms. The summed E-state index contributed by atoms with van der Waals surface area (Å²) in [5, 5.41) is 17.4. The van der Waals surface area contributed by atoms with Crippen molar-refractivity contribution in [1.29, 1.82) is 0 Å². The maximum absolute atomic E-state index is 9.84. The Morgan fingerprint density at radius 2 is 2.29 bits per heavy atom. The van der Waals surface area contributed by atoms with Gasteiger partial charge >= 0.3 is 0 Å². The fourth-order valence-corrected chi connectivity index (χ4v) is 2.58. The van der Waals surface area contributed by atoms with Crippen LogP contribution in [-0.2, 0) is 13.5 Å². The highest BCUT2D eigenvalue weighted by atomic mass is 16.3. The lowest BCUT2D eigenvalue weighted by Gasteiger charge is -2.27. The van der Waals surface area contributed by atoms with E-state index in [-0.39, 0.29) is 6.10 Å². The van der Waals surface area contributed by atoms with Crippen molar-refractivity contribution in [3.8, 4) is 0 Å². The van der Waals surface area contributed by atoms with Crippen LogP contribution in [0.2, 0.25) is 0 Å². The molecule has 1 aromatic heterocycles. The predicted octanol–water partition coefficient (Wildman–Crippen LogP) is 1.10. The summed E-state index contributed by atoms with van der Waals surface area (Å²) < 4.78 is 1.91. The highest BCUT2D eigenvalue weighted by molar-refractivity contribution is 5.00. The molecule has 1 aliphatic rings. The van der Waals surface area contributed by atoms with Crippen molar-refractivity contribution in [2.45, 2.75) is 38.2 Å². The third-order valence-electron chi connectivity index (χ3n) is 3.76. The zero-order valence-electron chi connectivity index (χ0n) is 10.6. The summed E-state index contributed by atoms with van der Waals surface area (Å²) >= 11 is 0. The van der Waals surface area contributed by atoms with E-state index in [1.54, 1.807) is 0 Å². The number of nitrogens with one attached hydrogen (secondary N) is 1. The first kappa shape index (κ1) is 12.6. The standard InChI is InChI=1S/C13H23N3O/c1-16-12(7-9-15-16)6-8-14-10-11-4-2-3-5-13(11)17/h7,9,11,13-14,17H,2-6,8,10H2,1H3. The van der Waals surface area contributed by atoms with Gasteiger partial charge in [0.1, 0.15) is 0 Å². The van der Waals surface area contributed by atoms with Gasteiger partial charge in [-0.05, 0) is 24.8 Å². The Bertz CT molecular complexity index is 337. The second-order valence-electron chi connectivity index (χ2n) is 5.01. The molecule has 2 atom stereocenters. The fraction of sp³-hybridized carbons (Fsp3) is 0.769. The van der Waals surface area contributed by atoms with E-state index >= 15 is 0 Å². The van der Waals surface area contributed by atoms with E-state index in [0.29, 0.717) is 5.92 Å². The van der Waals surface area contributed by atoms with Gasteiger partial charge in [-0.25, -0.2) is 0 Å². The number of rotatable bonds is 5. The molecule has 2 N–H and O–H groups in total. The first-order valence-corrected chi connectivity index (χ1v) is 6.63. The minimum Gasteiger partial charge on any atom is -0.393 e. The highest BCUT2D eigenvalue weighted by Gasteiger charge is 2.22. The van der Waals surface area contributed by atoms with Crippen LogP contribution in [-0.4, -0.2) is 34.1 Å². The first-order valence-electron chi connectivity index (χ1n) is 6.63. The smallest absolute Gasteiger partial charge is 0.0580 e. The summed E-state index contributed by atoms with van der Waals surface area (Å²) in [5.74, 6) is 0.454. The zero-order chi connectivity index (χ0) is 12.1. The molecule has 1 fully saturated rings. The third-order valence-corrected chi connectivity index (χ3v) is 3.76. The summed E-state index contributed by atoms with van der Waals surface area (Å²) in [6.07, 6.45) is 7.35. The molecule has 96 valence electrons. The molecule has 0 amide bonds. The number of hydrogen-bond donors (Lipinski definition) is 2. The monoisotopic (exact) mass is 237 g/mol. The van der Waals surface area contributed by atoms with Gasteiger partial charge in [0.05, 0.1) is 6.10 Å². The normalized spacial score (nSPS) is 25.1. The van der Waals surface area contributed by atoms with Gasteiger partial charge in [-0.1, -0.05) is 12.8 Å². The Balaban J connectivity index is 1.64. The van der Waals surface area contributed by atoms with Gasteiger partial charge in [0, 0.05) is 38.4 Å². The molecule has 0 aromatic carbocycles. The van der Waals surface area contributed by atoms with Gasteiger partial charge in [-0.15, -0.1) is 0 Å². The Morgan fingerprint density at radius 1 is 1.47 bits per heavy atom. The molecule has 1 aliphatic carbocycles. The van der Waals surface area contributed by atoms with Gasteiger partial charge in [0.25, 0.3) is 0 Å². The average Bonchev–Trinajstić information content (AvgIpc) is 2.73. The highest BCUT2D eigenvalue weighted by Crippen LogP contribution is 2.23. The van der Waals surface area contributed by atoms with Crippen molar-refractivity contribution >= 4 is 0 Å². The third kappa shape index (κ3) is 3.54. The Hall–Kier alpha value is -0.870. The molecular weight excluding hydrogens is 214 g/mol. The lowest BCUT2D eigenvalue weighted by Crippen LogP contribution is -2.34. The van der Waals surface area contributed by atoms with Crippen molar-refractivity contribution in [2.75, 3.05) is 13.1 Å². The van der Waals surface area contributed by atoms with E-state index in [1.807, 2.05) is 17.9 Å². The molecule has 0 radical (unpaired) electrons. The van der Waals surface area contributed by atoms with Crippen LogP contribution in [0, 0.1) is 5.92 Å². The van der Waals surface area contributed by atoms with Gasteiger partial charge < -0.3 is 10.4 Å². The van der Waals surface area contributed by atoms with Crippen LogP contribution in [0.15, 0.2) is 12.3 Å². The second kappa shape index (κ2) is 6.17. The number of aliphatic hydroxyl groups is 1. The summed E-state index contributed by atoms with van der Waals surface area (Å²) in [6, 6.07) is 2.05. The van der Waals surface area contributed by atoms with Gasteiger partial charge in [0.2, 0.25) is 0 Å². The largest absolute Gasteiger partial charge is 0.393 e. The molecule has 4 nitrogen and oxygen atoms in total. The molecule has 1 saturated carbocycles. The van der Waals surface area contributed by atoms with E-state index in [9.17, 15) is 5.11 Å². The lowest BCUT2D eigenvalue weighted by atomic mass is 9.86. The summed E-state index contributed by atoms with van der Waals surface area (Å²) in [6.45, 7) is 1.90. The summed E-state index contributed by atoms with van der Waals surface area (Å²) in [4.78, 5) is 0. The molecule has 0 spiro atoms. The number of hydrogen-bond acceptors (Lipinski definition) is 3. The minimum atomic E-state index is -0.0899. The number of nitrogens with zero attached hydrogens (tertiary/aromatic N) is 2. The van der Waals surface area contributed by atoms with E-state index < -0.39 is 0 Å². The van der Waals surface area contributed by atoms with Crippen molar-refractivity contribution in [3.05, 3.63) is 18.0 Å². The van der Waals surface area contributed by atoms with Crippen LogP contribution in [0.5, 0.6) is 0 Å². The van der Waals surface area contributed by atoms with Gasteiger partial charge in [-0.3, -0.25) is 4.68 Å². The Kier molecular flexibility index (Phi) is 4.57. The molecule has 4 heteroatoms. The number of aromatic nitrogens is 2. The topological polar surface area (TPSA) is 50.1 Å². The minimum absolute atomic E-state index is 0.0899. The van der Waals surface area contributed by atoms with Crippen molar-refractivity contribution < 1.29 is 5.11 Å². The van der Waals surface area contributed by atoms with Gasteiger partial charge in [0.15, 0.2) is 0 Å². The number of aliphatic hydroxyl groups excluding tert-OH is 1. The van der Waals surface area contributed by atoms with Crippen LogP contribution in [0.1, 0.15) is 31.4 Å². The Morgan fingerprint density at radius 3 is 3.00 bits per heavy atom. The summed E-state index contributed by atoms with van der Waals surface area (Å²) in [7, 11) is 1.97. The predicted molar refractivity (Wildman–Crippen MR) is 67.7 cm³/mol. The second-order valence-corrected chi connectivity index (χ2v) is 5.01. The van der Waals surface area contributed by atoms with Crippen LogP contribution in [0.3, 0.4) is 0 Å². The molecule has 0 saturated heterocycles. The SMILES string of the molecule is Cn1nccc1CCNCC1CCCCC1O. The first-order chi connectivity index (χ1) is 8.27. The molecular formula is C13H23N3O. The van der Waals surface area contributed by atoms with E-state index in [1.165, 1.54) is 25.0 Å². The van der Waals surface area contributed by atoms with Crippen LogP contribution < -0.4 is 5.32 Å². The van der Waals surface area contributed by atoms with Crippen molar-refractivity contribution in [2.24, 2.45) is 13.0 Å². The van der Waals surface area contributed by atoms with Crippen molar-refractivity contribution in [3.63, 3.8) is 0 Å². The van der Waals surface area contributed by atoms with E-state index in [0.717, 1.165) is 25.9 Å². The molecule has 1 heterocycles. The van der Waals surface area contributed by atoms with Crippen LogP contribution in [0.4, 0.5) is 0 Å². The quantitative estimate of drug-likeness (QED) is 0.754. The molecule has 0 aliphatic heterocycles. The zero-order valence-corrected chi connectivity index (χ0v) is 10.6. The Labute approximate surface area is 103 Å². The van der Waals surface area contributed by atoms with E-state index in [2.05, 4.69) is 16.5 Å².